The number of rotatable bonds is 5. The van der Waals surface area contributed by atoms with Crippen molar-refractivity contribution in [3.63, 3.8) is 0 Å². The van der Waals surface area contributed by atoms with Crippen molar-refractivity contribution < 1.29 is 9.84 Å². The van der Waals surface area contributed by atoms with Crippen molar-refractivity contribution in [2.45, 2.75) is 26.1 Å². The van der Waals surface area contributed by atoms with Gasteiger partial charge < -0.3 is 9.84 Å². The van der Waals surface area contributed by atoms with Gasteiger partial charge in [0.25, 0.3) is 0 Å². The van der Waals surface area contributed by atoms with Gasteiger partial charge in [-0.3, -0.25) is 4.98 Å². The maximum absolute atomic E-state index is 9.70. The van der Waals surface area contributed by atoms with E-state index in [4.69, 9.17) is 4.74 Å². The number of benzene rings is 1. The van der Waals surface area contributed by atoms with Gasteiger partial charge in [-0.25, -0.2) is 0 Å². The van der Waals surface area contributed by atoms with Crippen LogP contribution in [0.25, 0.3) is 0 Å². The van der Waals surface area contributed by atoms with Gasteiger partial charge in [0.1, 0.15) is 12.4 Å². The highest BCUT2D eigenvalue weighted by atomic mass is 79.9. The first-order valence-electron chi connectivity index (χ1n) is 6.19. The molecule has 3 nitrogen and oxygen atoms in total. The van der Waals surface area contributed by atoms with Gasteiger partial charge in [0.2, 0.25) is 0 Å². The van der Waals surface area contributed by atoms with Crippen LogP contribution in [-0.4, -0.2) is 10.1 Å². The molecule has 19 heavy (non-hydrogen) atoms. The zero-order valence-electron chi connectivity index (χ0n) is 10.7. The lowest BCUT2D eigenvalue weighted by Crippen LogP contribution is -1.98. The molecule has 0 saturated heterocycles. The van der Waals surface area contributed by atoms with Gasteiger partial charge in [-0.2, -0.15) is 0 Å². The van der Waals surface area contributed by atoms with Gasteiger partial charge in [0, 0.05) is 22.4 Å². The van der Waals surface area contributed by atoms with Crippen LogP contribution < -0.4 is 4.74 Å². The Balaban J connectivity index is 1.96. The van der Waals surface area contributed by atoms with E-state index >= 15 is 0 Å². The Hall–Kier alpha value is -1.39. The molecule has 0 amide bonds. The normalized spacial score (nSPS) is 12.2. The number of halogens is 1. The van der Waals surface area contributed by atoms with Crippen molar-refractivity contribution >= 4 is 15.9 Å². The predicted molar refractivity (Wildman–Crippen MR) is 78.0 cm³/mol. The highest BCUT2D eigenvalue weighted by Gasteiger charge is 2.04. The second-order valence-electron chi connectivity index (χ2n) is 4.29. The molecule has 4 heteroatoms. The topological polar surface area (TPSA) is 42.4 Å². The molecule has 0 radical (unpaired) electrons. The Kier molecular flexibility index (Phi) is 4.93. The first kappa shape index (κ1) is 14.0. The number of ether oxygens (including phenoxy) is 1. The molecule has 0 aliphatic carbocycles. The van der Waals surface area contributed by atoms with Crippen molar-refractivity contribution in [3.8, 4) is 5.75 Å². The first-order valence-corrected chi connectivity index (χ1v) is 6.98. The monoisotopic (exact) mass is 321 g/mol. The minimum absolute atomic E-state index is 0.400. The van der Waals surface area contributed by atoms with E-state index in [1.165, 1.54) is 0 Å². The van der Waals surface area contributed by atoms with E-state index in [0.29, 0.717) is 13.0 Å². The van der Waals surface area contributed by atoms with Crippen LogP contribution in [0.1, 0.15) is 30.6 Å². The summed E-state index contributed by atoms with van der Waals surface area (Å²) in [5, 5.41) is 9.70. The fourth-order valence-electron chi connectivity index (χ4n) is 1.72. The molecule has 1 aromatic carbocycles. The van der Waals surface area contributed by atoms with Gasteiger partial charge in [0.15, 0.2) is 0 Å². The smallest absolute Gasteiger partial charge is 0.119 e. The summed E-state index contributed by atoms with van der Waals surface area (Å²) in [6.45, 7) is 2.43. The highest BCUT2D eigenvalue weighted by molar-refractivity contribution is 9.10. The molecular formula is C15H16BrNO2. The molecule has 1 atom stereocenters. The van der Waals surface area contributed by atoms with E-state index in [1.54, 1.807) is 12.4 Å². The average molecular weight is 322 g/mol. The summed E-state index contributed by atoms with van der Waals surface area (Å²) in [4.78, 5) is 4.08. The molecule has 0 unspecified atom stereocenters. The van der Waals surface area contributed by atoms with Crippen molar-refractivity contribution in [2.75, 3.05) is 0 Å². The summed E-state index contributed by atoms with van der Waals surface area (Å²) >= 11 is 3.38. The number of hydrogen-bond acceptors (Lipinski definition) is 3. The van der Waals surface area contributed by atoms with Crippen LogP contribution in [0.2, 0.25) is 0 Å². The molecule has 2 aromatic rings. The quantitative estimate of drug-likeness (QED) is 0.909. The van der Waals surface area contributed by atoms with Gasteiger partial charge in [-0.15, -0.1) is 0 Å². The lowest BCUT2D eigenvalue weighted by atomic mass is 10.1. The highest BCUT2D eigenvalue weighted by Crippen LogP contribution is 2.20. The molecule has 1 heterocycles. The number of nitrogens with zero attached hydrogens (tertiary/aromatic N) is 1. The molecule has 0 aliphatic heterocycles. The van der Waals surface area contributed by atoms with Crippen LogP contribution in [0, 0.1) is 0 Å². The van der Waals surface area contributed by atoms with E-state index in [1.807, 2.05) is 37.3 Å². The van der Waals surface area contributed by atoms with Gasteiger partial charge in [-0.1, -0.05) is 19.1 Å². The van der Waals surface area contributed by atoms with Crippen LogP contribution >= 0.6 is 15.9 Å². The standard InChI is InChI=1S/C15H16BrNO2/c1-2-15(18)12-3-5-14(6-4-12)19-10-11-7-13(16)9-17-8-11/h3-9,15,18H,2,10H2,1H3/t15-/m1/s1. The Labute approximate surface area is 121 Å². The lowest BCUT2D eigenvalue weighted by Gasteiger charge is -2.10. The molecule has 0 fully saturated rings. The Bertz CT molecular complexity index is 528. The Morgan fingerprint density at radius 1 is 1.26 bits per heavy atom. The second-order valence-corrected chi connectivity index (χ2v) is 5.21. The average Bonchev–Trinajstić information content (AvgIpc) is 2.45. The minimum atomic E-state index is -0.400. The van der Waals surface area contributed by atoms with Crippen LogP contribution in [0.15, 0.2) is 47.2 Å². The molecule has 0 spiro atoms. The number of aliphatic hydroxyl groups excluding tert-OH is 1. The molecular weight excluding hydrogens is 306 g/mol. The van der Waals surface area contributed by atoms with E-state index < -0.39 is 6.10 Å². The third-order valence-electron chi connectivity index (χ3n) is 2.82. The lowest BCUT2D eigenvalue weighted by molar-refractivity contribution is 0.173. The second kappa shape index (κ2) is 6.68. The summed E-state index contributed by atoms with van der Waals surface area (Å²) in [5.41, 5.74) is 1.92. The summed E-state index contributed by atoms with van der Waals surface area (Å²) in [7, 11) is 0. The van der Waals surface area contributed by atoms with Gasteiger partial charge >= 0.3 is 0 Å². The number of hydrogen-bond donors (Lipinski definition) is 1. The Morgan fingerprint density at radius 3 is 2.63 bits per heavy atom. The van der Waals surface area contributed by atoms with Gasteiger partial charge in [-0.05, 0) is 46.1 Å². The molecule has 0 saturated carbocycles. The van der Waals surface area contributed by atoms with Crippen molar-refractivity contribution in [1.82, 2.24) is 4.98 Å². The molecule has 100 valence electrons. The maximum Gasteiger partial charge on any atom is 0.119 e. The van der Waals surface area contributed by atoms with Crippen LogP contribution in [0.4, 0.5) is 0 Å². The van der Waals surface area contributed by atoms with E-state index in [-0.39, 0.29) is 0 Å². The fourth-order valence-corrected chi connectivity index (χ4v) is 2.14. The van der Waals surface area contributed by atoms with Crippen LogP contribution in [0.5, 0.6) is 5.75 Å². The third-order valence-corrected chi connectivity index (χ3v) is 3.25. The zero-order valence-corrected chi connectivity index (χ0v) is 12.3. The summed E-state index contributed by atoms with van der Waals surface area (Å²) < 4.78 is 6.61. The first-order chi connectivity index (χ1) is 9.19. The molecule has 1 N–H and O–H groups in total. The van der Waals surface area contributed by atoms with Crippen molar-refractivity contribution in [3.05, 3.63) is 58.3 Å². The SMILES string of the molecule is CC[C@@H](O)c1ccc(OCc2cncc(Br)c2)cc1. The van der Waals surface area contributed by atoms with Crippen molar-refractivity contribution in [1.29, 1.82) is 0 Å². The predicted octanol–water partition coefficient (Wildman–Crippen LogP) is 3.87. The summed E-state index contributed by atoms with van der Waals surface area (Å²) in [6, 6.07) is 9.51. The molecule has 1 aromatic heterocycles. The maximum atomic E-state index is 9.70. The van der Waals surface area contributed by atoms with E-state index in [2.05, 4.69) is 20.9 Å². The number of aromatic nitrogens is 1. The summed E-state index contributed by atoms with van der Waals surface area (Å²) in [6.07, 6.45) is 3.83. The molecule has 0 bridgehead atoms. The summed E-state index contributed by atoms with van der Waals surface area (Å²) in [5.74, 6) is 0.784. The fraction of sp³-hybridized carbons (Fsp3) is 0.267. The zero-order chi connectivity index (χ0) is 13.7. The van der Waals surface area contributed by atoms with Gasteiger partial charge in [0.05, 0.1) is 6.10 Å². The molecule has 0 aliphatic rings. The van der Waals surface area contributed by atoms with Crippen LogP contribution in [-0.2, 0) is 6.61 Å². The Morgan fingerprint density at radius 2 is 2.00 bits per heavy atom. The minimum Gasteiger partial charge on any atom is -0.489 e. The number of aliphatic hydroxyl groups is 1. The van der Waals surface area contributed by atoms with E-state index in [9.17, 15) is 5.11 Å². The largest absolute Gasteiger partial charge is 0.489 e. The molecule has 2 rings (SSSR count). The van der Waals surface area contributed by atoms with Crippen LogP contribution in [0.3, 0.4) is 0 Å². The van der Waals surface area contributed by atoms with E-state index in [0.717, 1.165) is 21.3 Å². The third kappa shape index (κ3) is 4.04. The number of pyridine rings is 1. The van der Waals surface area contributed by atoms with Crippen molar-refractivity contribution in [2.24, 2.45) is 0 Å².